The third-order valence-corrected chi connectivity index (χ3v) is 4.92. The van der Waals surface area contributed by atoms with E-state index in [-0.39, 0.29) is 29.6 Å². The number of anilines is 1. The molecule has 3 rings (SSSR count). The number of urea groups is 1. The predicted octanol–water partition coefficient (Wildman–Crippen LogP) is 0.204. The first kappa shape index (κ1) is 11.3. The summed E-state index contributed by atoms with van der Waals surface area (Å²) in [6.45, 7) is 0. The number of fused-ring (bicyclic) bond motifs is 1. The number of carbonyl (C=O) groups excluding carboxylic acids is 1. The Morgan fingerprint density at radius 2 is 1.94 bits per heavy atom. The van der Waals surface area contributed by atoms with Gasteiger partial charge in [0.05, 0.1) is 29.3 Å². The molecule has 0 aliphatic carbocycles. The second-order valence-electron chi connectivity index (χ2n) is 4.55. The summed E-state index contributed by atoms with van der Waals surface area (Å²) in [5.41, 5.74) is 3.72. The van der Waals surface area contributed by atoms with Gasteiger partial charge in [-0.15, -0.1) is 0 Å². The second-order valence-corrected chi connectivity index (χ2v) is 6.70. The molecule has 2 saturated heterocycles. The van der Waals surface area contributed by atoms with Crippen molar-refractivity contribution < 1.29 is 13.2 Å². The highest BCUT2D eigenvalue weighted by Gasteiger charge is 2.49. The van der Waals surface area contributed by atoms with Crippen molar-refractivity contribution in [2.75, 3.05) is 16.9 Å². The Balaban J connectivity index is 1.82. The Bertz CT molecular complexity index is 572. The summed E-state index contributed by atoms with van der Waals surface area (Å²) in [6.07, 6.45) is 0. The van der Waals surface area contributed by atoms with Crippen molar-refractivity contribution in [1.82, 2.24) is 10.3 Å². The molecule has 1 aromatic carbocycles. The van der Waals surface area contributed by atoms with Crippen molar-refractivity contribution in [3.05, 3.63) is 30.3 Å². The van der Waals surface area contributed by atoms with Gasteiger partial charge in [0.2, 0.25) is 0 Å². The van der Waals surface area contributed by atoms with Gasteiger partial charge in [0.25, 0.3) is 0 Å². The molecule has 2 N–H and O–H groups in total. The van der Waals surface area contributed by atoms with E-state index >= 15 is 0 Å². The standard InChI is InChI=1S/C11H13N3O3S/c15-11-12-9-6-18(16,17)7-10(9)14(11)13-8-4-2-1-3-5-8/h1-5,9-10,13H,6-7H2,(H,12,15). The van der Waals surface area contributed by atoms with Crippen molar-refractivity contribution in [2.24, 2.45) is 0 Å². The van der Waals surface area contributed by atoms with Crippen LogP contribution >= 0.6 is 0 Å². The van der Waals surface area contributed by atoms with E-state index in [1.807, 2.05) is 30.3 Å². The average Bonchev–Trinajstić information content (AvgIpc) is 2.74. The largest absolute Gasteiger partial charge is 0.336 e. The van der Waals surface area contributed by atoms with Crippen LogP contribution in [0.25, 0.3) is 0 Å². The van der Waals surface area contributed by atoms with Gasteiger partial charge in [0, 0.05) is 0 Å². The molecule has 0 aromatic heterocycles. The molecule has 2 heterocycles. The monoisotopic (exact) mass is 267 g/mol. The van der Waals surface area contributed by atoms with Gasteiger partial charge >= 0.3 is 6.03 Å². The van der Waals surface area contributed by atoms with Crippen LogP contribution in [0.4, 0.5) is 10.5 Å². The molecule has 0 bridgehead atoms. The smallest absolute Gasteiger partial charge is 0.331 e. The van der Waals surface area contributed by atoms with Gasteiger partial charge in [0.1, 0.15) is 0 Å². The number of hydrazine groups is 1. The number of rotatable bonds is 2. The Labute approximate surface area is 105 Å². The van der Waals surface area contributed by atoms with Crippen LogP contribution in [-0.2, 0) is 9.84 Å². The lowest BCUT2D eigenvalue weighted by Gasteiger charge is -2.22. The third kappa shape index (κ3) is 1.90. The molecule has 2 unspecified atom stereocenters. The fourth-order valence-electron chi connectivity index (χ4n) is 2.39. The zero-order valence-corrected chi connectivity index (χ0v) is 10.4. The summed E-state index contributed by atoms with van der Waals surface area (Å²) in [6, 6.07) is 8.30. The molecule has 1 aromatic rings. The number of carbonyl (C=O) groups is 1. The number of sulfone groups is 1. The minimum absolute atomic E-state index is 0.0102. The van der Waals surface area contributed by atoms with Crippen molar-refractivity contribution >= 4 is 21.6 Å². The van der Waals surface area contributed by atoms with Gasteiger partial charge in [-0.05, 0) is 12.1 Å². The van der Waals surface area contributed by atoms with Crippen molar-refractivity contribution in [1.29, 1.82) is 0 Å². The highest BCUT2D eigenvalue weighted by atomic mass is 32.2. The number of benzene rings is 1. The first-order valence-electron chi connectivity index (χ1n) is 5.67. The number of hydrogen-bond donors (Lipinski definition) is 2. The first-order chi connectivity index (χ1) is 8.55. The van der Waals surface area contributed by atoms with E-state index in [1.165, 1.54) is 5.01 Å². The molecule has 2 aliphatic rings. The van der Waals surface area contributed by atoms with Crippen LogP contribution in [0.3, 0.4) is 0 Å². The fourth-order valence-corrected chi connectivity index (χ4v) is 4.28. The zero-order chi connectivity index (χ0) is 12.8. The van der Waals surface area contributed by atoms with Crippen LogP contribution in [0.5, 0.6) is 0 Å². The molecule has 96 valence electrons. The second kappa shape index (κ2) is 3.88. The maximum absolute atomic E-state index is 11.8. The summed E-state index contributed by atoms with van der Waals surface area (Å²) >= 11 is 0. The Morgan fingerprint density at radius 3 is 2.67 bits per heavy atom. The molecule has 0 spiro atoms. The predicted molar refractivity (Wildman–Crippen MR) is 66.7 cm³/mol. The lowest BCUT2D eigenvalue weighted by Crippen LogP contribution is -2.41. The highest BCUT2D eigenvalue weighted by Crippen LogP contribution is 2.24. The van der Waals surface area contributed by atoms with Crippen molar-refractivity contribution in [2.45, 2.75) is 12.1 Å². The maximum atomic E-state index is 11.8. The van der Waals surface area contributed by atoms with Crippen molar-refractivity contribution in [3.8, 4) is 0 Å². The highest BCUT2D eigenvalue weighted by molar-refractivity contribution is 7.91. The SMILES string of the molecule is O=C1NC2CS(=O)(=O)CC2N1Nc1ccccc1. The summed E-state index contributed by atoms with van der Waals surface area (Å²) in [7, 11) is -3.05. The molecule has 7 heteroatoms. The molecule has 2 atom stereocenters. The van der Waals surface area contributed by atoms with Crippen LogP contribution in [0.15, 0.2) is 30.3 Å². The molecule has 2 amide bonds. The van der Waals surface area contributed by atoms with Crippen LogP contribution < -0.4 is 10.7 Å². The third-order valence-electron chi connectivity index (χ3n) is 3.21. The molecular formula is C11H13N3O3S. The van der Waals surface area contributed by atoms with E-state index in [0.29, 0.717) is 0 Å². The van der Waals surface area contributed by atoms with E-state index in [4.69, 9.17) is 0 Å². The van der Waals surface area contributed by atoms with E-state index in [2.05, 4.69) is 10.7 Å². The minimum atomic E-state index is -3.05. The molecule has 6 nitrogen and oxygen atoms in total. The van der Waals surface area contributed by atoms with Crippen molar-refractivity contribution in [3.63, 3.8) is 0 Å². The molecule has 0 radical (unpaired) electrons. The topological polar surface area (TPSA) is 78.5 Å². The lowest BCUT2D eigenvalue weighted by atomic mass is 10.2. The molecular weight excluding hydrogens is 254 g/mol. The van der Waals surface area contributed by atoms with Gasteiger partial charge in [-0.3, -0.25) is 5.43 Å². The van der Waals surface area contributed by atoms with Gasteiger partial charge in [0.15, 0.2) is 9.84 Å². The van der Waals surface area contributed by atoms with E-state index in [9.17, 15) is 13.2 Å². The minimum Gasteiger partial charge on any atom is -0.331 e. The van der Waals surface area contributed by atoms with E-state index < -0.39 is 9.84 Å². The molecule has 2 aliphatic heterocycles. The zero-order valence-electron chi connectivity index (χ0n) is 9.54. The maximum Gasteiger partial charge on any atom is 0.336 e. The van der Waals surface area contributed by atoms with Crippen LogP contribution in [0.2, 0.25) is 0 Å². The van der Waals surface area contributed by atoms with Gasteiger partial charge in [-0.1, -0.05) is 18.2 Å². The summed E-state index contributed by atoms with van der Waals surface area (Å²) < 4.78 is 23.1. The molecule has 18 heavy (non-hydrogen) atoms. The Kier molecular flexibility index (Phi) is 2.44. The quantitative estimate of drug-likeness (QED) is 0.751. The number of nitrogens with zero attached hydrogens (tertiary/aromatic N) is 1. The van der Waals surface area contributed by atoms with Crippen LogP contribution in [0.1, 0.15) is 0 Å². The number of para-hydroxylation sites is 1. The molecule has 2 fully saturated rings. The summed E-state index contributed by atoms with van der Waals surface area (Å²) in [5.74, 6) is 0.0343. The lowest BCUT2D eigenvalue weighted by molar-refractivity contribution is 0.218. The average molecular weight is 267 g/mol. The van der Waals surface area contributed by atoms with Crippen LogP contribution in [0, 0.1) is 0 Å². The van der Waals surface area contributed by atoms with E-state index in [1.54, 1.807) is 0 Å². The number of nitrogens with one attached hydrogen (secondary N) is 2. The molecule has 0 saturated carbocycles. The number of hydrogen-bond acceptors (Lipinski definition) is 4. The fraction of sp³-hybridized carbons (Fsp3) is 0.364. The van der Waals surface area contributed by atoms with Crippen LogP contribution in [-0.4, -0.2) is 43.0 Å². The van der Waals surface area contributed by atoms with E-state index in [0.717, 1.165) is 5.69 Å². The Hall–Kier alpha value is -1.76. The normalized spacial score (nSPS) is 28.9. The van der Waals surface area contributed by atoms with Gasteiger partial charge in [-0.25, -0.2) is 18.2 Å². The Morgan fingerprint density at radius 1 is 1.22 bits per heavy atom. The van der Waals surface area contributed by atoms with Gasteiger partial charge in [-0.2, -0.15) is 0 Å². The summed E-state index contributed by atoms with van der Waals surface area (Å²) in [5, 5.41) is 4.07. The van der Waals surface area contributed by atoms with Gasteiger partial charge < -0.3 is 5.32 Å². The number of amides is 2. The summed E-state index contributed by atoms with van der Waals surface area (Å²) in [4.78, 5) is 11.8. The first-order valence-corrected chi connectivity index (χ1v) is 7.49.